The van der Waals surface area contributed by atoms with E-state index in [1.54, 1.807) is 0 Å². The zero-order valence-electron chi connectivity index (χ0n) is 10.5. The molecule has 0 aromatic heterocycles. The van der Waals surface area contributed by atoms with Gasteiger partial charge in [-0.3, -0.25) is 4.79 Å². The van der Waals surface area contributed by atoms with Gasteiger partial charge in [0.2, 0.25) is 5.91 Å². The molecule has 2 aliphatic rings. The van der Waals surface area contributed by atoms with Crippen LogP contribution in [0.25, 0.3) is 0 Å². The Bertz CT molecular complexity index is 261. The topological polar surface area (TPSA) is 41.1 Å². The number of carbonyl (C=O) groups is 1. The van der Waals surface area contributed by atoms with E-state index < -0.39 is 0 Å². The van der Waals surface area contributed by atoms with E-state index in [0.29, 0.717) is 11.3 Å². The summed E-state index contributed by atoms with van der Waals surface area (Å²) in [5, 5.41) is 6.44. The van der Waals surface area contributed by atoms with E-state index in [-0.39, 0.29) is 11.8 Å². The van der Waals surface area contributed by atoms with Gasteiger partial charge in [0.1, 0.15) is 0 Å². The zero-order valence-corrected chi connectivity index (χ0v) is 10.5. The average Bonchev–Trinajstić information content (AvgIpc) is 2.89. The molecule has 2 fully saturated rings. The summed E-state index contributed by atoms with van der Waals surface area (Å²) in [4.78, 5) is 12.0. The molecule has 2 unspecified atom stereocenters. The first-order chi connectivity index (χ1) is 7.67. The lowest BCUT2D eigenvalue weighted by Crippen LogP contribution is -2.37. The van der Waals surface area contributed by atoms with E-state index in [2.05, 4.69) is 24.5 Å². The van der Waals surface area contributed by atoms with Crippen molar-refractivity contribution in [2.24, 2.45) is 17.3 Å². The summed E-state index contributed by atoms with van der Waals surface area (Å²) in [6, 6.07) is 0. The number of nitrogens with one attached hydrogen (secondary N) is 2. The molecule has 0 aromatic rings. The van der Waals surface area contributed by atoms with Gasteiger partial charge in [-0.25, -0.2) is 0 Å². The smallest absolute Gasteiger partial charge is 0.224 e. The van der Waals surface area contributed by atoms with Crippen molar-refractivity contribution in [2.45, 2.75) is 39.5 Å². The Morgan fingerprint density at radius 2 is 2.19 bits per heavy atom. The minimum atomic E-state index is 0.192. The number of hydrogen-bond donors (Lipinski definition) is 2. The minimum Gasteiger partial charge on any atom is -0.355 e. The summed E-state index contributed by atoms with van der Waals surface area (Å²) in [5.41, 5.74) is 0.472. The Labute approximate surface area is 98.4 Å². The van der Waals surface area contributed by atoms with Gasteiger partial charge in [0.05, 0.1) is 5.92 Å². The second-order valence-electron chi connectivity index (χ2n) is 5.71. The van der Waals surface area contributed by atoms with Gasteiger partial charge in [0, 0.05) is 13.1 Å². The predicted molar refractivity (Wildman–Crippen MR) is 65.1 cm³/mol. The lowest BCUT2D eigenvalue weighted by molar-refractivity contribution is -0.125. The molecule has 1 aliphatic carbocycles. The molecule has 1 saturated carbocycles. The van der Waals surface area contributed by atoms with Crippen LogP contribution in [0.1, 0.15) is 39.5 Å². The van der Waals surface area contributed by atoms with E-state index in [1.807, 2.05) is 0 Å². The first kappa shape index (κ1) is 11.9. The van der Waals surface area contributed by atoms with Crippen molar-refractivity contribution in [3.05, 3.63) is 0 Å². The second-order valence-corrected chi connectivity index (χ2v) is 5.71. The maximum absolute atomic E-state index is 12.0. The third kappa shape index (κ3) is 2.57. The summed E-state index contributed by atoms with van der Waals surface area (Å²) >= 11 is 0. The van der Waals surface area contributed by atoms with Crippen molar-refractivity contribution in [2.75, 3.05) is 19.6 Å². The fraction of sp³-hybridized carbons (Fsp3) is 0.923. The molecule has 2 rings (SSSR count). The molecule has 1 aliphatic heterocycles. The number of amides is 1. The van der Waals surface area contributed by atoms with Crippen molar-refractivity contribution in [3.63, 3.8) is 0 Å². The Hall–Kier alpha value is -0.570. The SMILES string of the molecule is CCCC1(CNC(=O)C2CNCC2C)CC1. The highest BCUT2D eigenvalue weighted by Gasteiger charge is 2.42. The van der Waals surface area contributed by atoms with Gasteiger partial charge in [0.15, 0.2) is 0 Å². The summed E-state index contributed by atoms with van der Waals surface area (Å²) in [6.07, 6.45) is 5.11. The first-order valence-corrected chi connectivity index (χ1v) is 6.65. The number of hydrogen-bond acceptors (Lipinski definition) is 2. The normalized spacial score (nSPS) is 31.4. The van der Waals surface area contributed by atoms with Crippen molar-refractivity contribution in [3.8, 4) is 0 Å². The van der Waals surface area contributed by atoms with E-state index in [0.717, 1.165) is 19.6 Å². The number of carbonyl (C=O) groups excluding carboxylic acids is 1. The summed E-state index contributed by atoms with van der Waals surface area (Å²) in [7, 11) is 0. The molecule has 1 amide bonds. The Morgan fingerprint density at radius 3 is 2.69 bits per heavy atom. The van der Waals surface area contributed by atoms with Gasteiger partial charge >= 0.3 is 0 Å². The largest absolute Gasteiger partial charge is 0.355 e. The third-order valence-corrected chi connectivity index (χ3v) is 4.23. The summed E-state index contributed by atoms with van der Waals surface area (Å²) in [5.74, 6) is 0.943. The fourth-order valence-electron chi connectivity index (χ4n) is 2.79. The predicted octanol–water partition coefficient (Wildman–Crippen LogP) is 1.54. The minimum absolute atomic E-state index is 0.192. The molecule has 1 saturated heterocycles. The van der Waals surface area contributed by atoms with Crippen LogP contribution in [0.5, 0.6) is 0 Å². The Kier molecular flexibility index (Phi) is 3.53. The van der Waals surface area contributed by atoms with Crippen molar-refractivity contribution >= 4 is 5.91 Å². The third-order valence-electron chi connectivity index (χ3n) is 4.23. The van der Waals surface area contributed by atoms with Gasteiger partial charge in [0.25, 0.3) is 0 Å². The maximum atomic E-state index is 12.0. The summed E-state index contributed by atoms with van der Waals surface area (Å²) < 4.78 is 0. The average molecular weight is 224 g/mol. The van der Waals surface area contributed by atoms with E-state index in [1.165, 1.54) is 25.7 Å². The molecule has 3 nitrogen and oxygen atoms in total. The molecule has 92 valence electrons. The number of rotatable bonds is 5. The monoisotopic (exact) mass is 224 g/mol. The van der Waals surface area contributed by atoms with Gasteiger partial charge in [-0.05, 0) is 37.1 Å². The standard InChI is InChI=1S/C13H24N2O/c1-3-4-13(5-6-13)9-15-12(16)11-8-14-7-10(11)2/h10-11,14H,3-9H2,1-2H3,(H,15,16). The van der Waals surface area contributed by atoms with Crippen LogP contribution in [0.2, 0.25) is 0 Å². The molecule has 16 heavy (non-hydrogen) atoms. The van der Waals surface area contributed by atoms with Crippen LogP contribution in [0.3, 0.4) is 0 Å². The highest BCUT2D eigenvalue weighted by molar-refractivity contribution is 5.79. The van der Waals surface area contributed by atoms with Crippen LogP contribution in [0.15, 0.2) is 0 Å². The highest BCUT2D eigenvalue weighted by atomic mass is 16.1. The van der Waals surface area contributed by atoms with Crippen LogP contribution in [0.4, 0.5) is 0 Å². The molecule has 2 N–H and O–H groups in total. The van der Waals surface area contributed by atoms with Gasteiger partial charge in [-0.2, -0.15) is 0 Å². The molecule has 3 heteroatoms. The Balaban J connectivity index is 1.75. The molecule has 0 radical (unpaired) electrons. The maximum Gasteiger partial charge on any atom is 0.224 e. The van der Waals surface area contributed by atoms with Crippen LogP contribution in [-0.2, 0) is 4.79 Å². The lowest BCUT2D eigenvalue weighted by atomic mass is 9.96. The van der Waals surface area contributed by atoms with E-state index in [9.17, 15) is 4.79 Å². The Morgan fingerprint density at radius 1 is 1.44 bits per heavy atom. The van der Waals surface area contributed by atoms with Crippen LogP contribution in [0, 0.1) is 17.3 Å². The molecule has 0 aromatic carbocycles. The van der Waals surface area contributed by atoms with Gasteiger partial charge in [-0.1, -0.05) is 20.3 Å². The molecule has 1 heterocycles. The molecule has 0 bridgehead atoms. The molecule has 2 atom stereocenters. The van der Waals surface area contributed by atoms with Crippen LogP contribution < -0.4 is 10.6 Å². The van der Waals surface area contributed by atoms with Crippen molar-refractivity contribution in [1.29, 1.82) is 0 Å². The van der Waals surface area contributed by atoms with Crippen LogP contribution >= 0.6 is 0 Å². The fourth-order valence-corrected chi connectivity index (χ4v) is 2.79. The van der Waals surface area contributed by atoms with Gasteiger partial charge in [-0.15, -0.1) is 0 Å². The van der Waals surface area contributed by atoms with E-state index >= 15 is 0 Å². The first-order valence-electron chi connectivity index (χ1n) is 6.65. The summed E-state index contributed by atoms with van der Waals surface area (Å²) in [6.45, 7) is 7.13. The highest BCUT2D eigenvalue weighted by Crippen LogP contribution is 2.48. The second kappa shape index (κ2) is 4.74. The van der Waals surface area contributed by atoms with Crippen LogP contribution in [-0.4, -0.2) is 25.5 Å². The molecular weight excluding hydrogens is 200 g/mol. The zero-order chi connectivity index (χ0) is 11.6. The molecule has 0 spiro atoms. The lowest BCUT2D eigenvalue weighted by Gasteiger charge is -2.18. The van der Waals surface area contributed by atoms with Gasteiger partial charge < -0.3 is 10.6 Å². The van der Waals surface area contributed by atoms with Crippen molar-refractivity contribution < 1.29 is 4.79 Å². The quantitative estimate of drug-likeness (QED) is 0.743. The van der Waals surface area contributed by atoms with Crippen molar-refractivity contribution in [1.82, 2.24) is 10.6 Å². The molecular formula is C13H24N2O. The van der Waals surface area contributed by atoms with E-state index in [4.69, 9.17) is 0 Å².